The maximum absolute atomic E-state index is 2.66. The van der Waals surface area contributed by atoms with E-state index in [0.717, 1.165) is 11.4 Å². The topological polar surface area (TPSA) is 6.48 Å². The molecular formula is C71H51BN2. The Morgan fingerprint density at radius 1 is 0.311 bits per heavy atom. The molecule has 0 saturated carbocycles. The Morgan fingerprint density at radius 2 is 0.703 bits per heavy atom. The summed E-state index contributed by atoms with van der Waals surface area (Å²) in [5.41, 5.74) is 29.6. The number of rotatable bonds is 5. The molecule has 15 rings (SSSR count). The van der Waals surface area contributed by atoms with Crippen molar-refractivity contribution in [3.8, 4) is 55.6 Å². The van der Waals surface area contributed by atoms with Crippen molar-refractivity contribution in [2.75, 3.05) is 9.80 Å². The normalized spacial score (nSPS) is 13.9. The van der Waals surface area contributed by atoms with E-state index in [-0.39, 0.29) is 12.1 Å². The molecule has 348 valence electrons. The van der Waals surface area contributed by atoms with E-state index in [9.17, 15) is 0 Å². The maximum Gasteiger partial charge on any atom is 0.252 e. The van der Waals surface area contributed by atoms with Gasteiger partial charge in [0.2, 0.25) is 0 Å². The van der Waals surface area contributed by atoms with E-state index in [1.54, 1.807) is 0 Å². The van der Waals surface area contributed by atoms with Crippen molar-refractivity contribution < 1.29 is 0 Å². The SMILES string of the molecule is CC(C)(C)c1cc2c3c(c1)N(c1ccc(-c4ccccc4)cc1)c1cc4c(cc1B3c1cc(-c3ccccc3)ccc1N2c1ccc(-c2ccccc2)cc1)C1(c2ccccc2-c2ccccc21)c1ccccc1-4. The lowest BCUT2D eigenvalue weighted by molar-refractivity contribution is 0.590. The summed E-state index contributed by atoms with van der Waals surface area (Å²) < 4.78 is 0. The summed E-state index contributed by atoms with van der Waals surface area (Å²) >= 11 is 0. The third-order valence-electron chi connectivity index (χ3n) is 16.6. The quantitative estimate of drug-likeness (QED) is 0.159. The number of fused-ring (bicyclic) bond motifs is 14. The van der Waals surface area contributed by atoms with Gasteiger partial charge in [0, 0.05) is 34.1 Å². The van der Waals surface area contributed by atoms with Gasteiger partial charge in [-0.05, 0) is 154 Å². The van der Waals surface area contributed by atoms with Crippen LogP contribution in [-0.2, 0) is 10.8 Å². The number of nitrogens with zero attached hydrogens (tertiary/aromatic N) is 2. The van der Waals surface area contributed by atoms with Crippen LogP contribution in [0.2, 0.25) is 0 Å². The minimum atomic E-state index is -0.495. The Balaban J connectivity index is 1.06. The molecule has 1 spiro atoms. The van der Waals surface area contributed by atoms with E-state index in [2.05, 4.69) is 285 Å². The molecule has 11 aromatic rings. The van der Waals surface area contributed by atoms with Gasteiger partial charge in [0.15, 0.2) is 0 Å². The molecule has 0 fully saturated rings. The van der Waals surface area contributed by atoms with Crippen LogP contribution < -0.4 is 26.2 Å². The van der Waals surface area contributed by atoms with Gasteiger partial charge in [-0.3, -0.25) is 0 Å². The summed E-state index contributed by atoms with van der Waals surface area (Å²) in [6, 6.07) is 96.1. The zero-order valence-corrected chi connectivity index (χ0v) is 41.7. The van der Waals surface area contributed by atoms with Crippen molar-refractivity contribution >= 4 is 57.2 Å². The van der Waals surface area contributed by atoms with E-state index < -0.39 is 5.41 Å². The highest BCUT2D eigenvalue weighted by molar-refractivity contribution is 7.00. The van der Waals surface area contributed by atoms with Gasteiger partial charge in [0.1, 0.15) is 0 Å². The molecule has 74 heavy (non-hydrogen) atoms. The molecule has 2 nitrogen and oxygen atoms in total. The standard InChI is InChI=1S/C71H51BN2/c1-70(2,3)52-42-67-69-68(43-52)74(54-38-33-50(34-39-54)47-21-9-5-10-22-47)66-44-58-57-27-15-18-30-61(57)71(59-28-16-13-25-55(59)56-26-14-17-29-60(56)71)62(58)45-64(66)72(69)63-41-51(48-23-11-6-12-24-48)35-40-65(63)73(67)53-36-31-49(32-37-53)46-19-7-4-8-20-46/h4-45H,1-3H3. The smallest absolute Gasteiger partial charge is 0.252 e. The van der Waals surface area contributed by atoms with Crippen LogP contribution >= 0.6 is 0 Å². The molecule has 11 aromatic carbocycles. The molecule has 2 aliphatic carbocycles. The van der Waals surface area contributed by atoms with Crippen molar-refractivity contribution in [3.63, 3.8) is 0 Å². The zero-order valence-electron chi connectivity index (χ0n) is 41.7. The van der Waals surface area contributed by atoms with Crippen molar-refractivity contribution in [2.24, 2.45) is 0 Å². The second-order valence-electron chi connectivity index (χ2n) is 21.6. The second kappa shape index (κ2) is 16.0. The van der Waals surface area contributed by atoms with Gasteiger partial charge in [0.05, 0.1) is 5.41 Å². The maximum atomic E-state index is 2.66. The molecule has 0 atom stereocenters. The Kier molecular flexibility index (Phi) is 9.27. The summed E-state index contributed by atoms with van der Waals surface area (Å²) in [6.45, 7) is 6.98. The molecule has 2 aliphatic heterocycles. The van der Waals surface area contributed by atoms with Crippen LogP contribution in [0.3, 0.4) is 0 Å². The van der Waals surface area contributed by atoms with Crippen molar-refractivity contribution in [2.45, 2.75) is 31.6 Å². The third kappa shape index (κ3) is 6.14. The van der Waals surface area contributed by atoms with Gasteiger partial charge in [-0.15, -0.1) is 0 Å². The van der Waals surface area contributed by atoms with E-state index in [0.29, 0.717) is 0 Å². The molecule has 2 heterocycles. The van der Waals surface area contributed by atoms with Gasteiger partial charge in [-0.25, -0.2) is 0 Å². The molecule has 0 unspecified atom stereocenters. The van der Waals surface area contributed by atoms with Crippen LogP contribution in [0.15, 0.2) is 255 Å². The number of anilines is 6. The fourth-order valence-electron chi connectivity index (χ4n) is 13.3. The second-order valence-corrected chi connectivity index (χ2v) is 21.6. The van der Waals surface area contributed by atoms with Gasteiger partial charge in [0.25, 0.3) is 6.71 Å². The first-order valence-corrected chi connectivity index (χ1v) is 26.1. The van der Waals surface area contributed by atoms with Crippen LogP contribution in [0.5, 0.6) is 0 Å². The van der Waals surface area contributed by atoms with Crippen LogP contribution in [0.1, 0.15) is 48.6 Å². The van der Waals surface area contributed by atoms with Gasteiger partial charge < -0.3 is 9.80 Å². The lowest BCUT2D eigenvalue weighted by Gasteiger charge is -2.45. The summed E-state index contributed by atoms with van der Waals surface area (Å²) in [4.78, 5) is 5.18. The van der Waals surface area contributed by atoms with E-state index in [1.165, 1.54) is 123 Å². The minimum Gasteiger partial charge on any atom is -0.311 e. The highest BCUT2D eigenvalue weighted by Crippen LogP contribution is 2.63. The number of hydrogen-bond acceptors (Lipinski definition) is 2. The minimum absolute atomic E-state index is 0.0969. The summed E-state index contributed by atoms with van der Waals surface area (Å²) in [6.07, 6.45) is 0. The molecule has 0 radical (unpaired) electrons. The fourth-order valence-corrected chi connectivity index (χ4v) is 13.3. The highest BCUT2D eigenvalue weighted by atomic mass is 15.2. The van der Waals surface area contributed by atoms with Crippen LogP contribution in [0, 0.1) is 0 Å². The van der Waals surface area contributed by atoms with Crippen molar-refractivity contribution in [1.29, 1.82) is 0 Å². The van der Waals surface area contributed by atoms with E-state index >= 15 is 0 Å². The predicted molar refractivity (Wildman–Crippen MR) is 312 cm³/mol. The average molecular weight is 943 g/mol. The van der Waals surface area contributed by atoms with Gasteiger partial charge >= 0.3 is 0 Å². The first-order chi connectivity index (χ1) is 36.3. The largest absolute Gasteiger partial charge is 0.311 e. The third-order valence-corrected chi connectivity index (χ3v) is 16.6. The van der Waals surface area contributed by atoms with Crippen molar-refractivity contribution in [1.82, 2.24) is 0 Å². The summed E-state index contributed by atoms with van der Waals surface area (Å²) in [5.74, 6) is 0. The summed E-state index contributed by atoms with van der Waals surface area (Å²) in [5, 5.41) is 0. The van der Waals surface area contributed by atoms with Crippen LogP contribution in [-0.4, -0.2) is 6.71 Å². The fraction of sp³-hybridized carbons (Fsp3) is 0.0704. The molecule has 0 N–H and O–H groups in total. The lowest BCUT2D eigenvalue weighted by Crippen LogP contribution is -2.61. The summed E-state index contributed by atoms with van der Waals surface area (Å²) in [7, 11) is 0. The highest BCUT2D eigenvalue weighted by Gasteiger charge is 2.53. The van der Waals surface area contributed by atoms with E-state index in [4.69, 9.17) is 0 Å². The van der Waals surface area contributed by atoms with Crippen LogP contribution in [0.4, 0.5) is 34.1 Å². The monoisotopic (exact) mass is 942 g/mol. The molecule has 3 heteroatoms. The molecule has 0 aromatic heterocycles. The molecule has 0 saturated heterocycles. The van der Waals surface area contributed by atoms with Crippen molar-refractivity contribution in [3.05, 3.63) is 283 Å². The Morgan fingerprint density at radius 3 is 1.19 bits per heavy atom. The molecule has 4 aliphatic rings. The first kappa shape index (κ1) is 42.7. The molecule has 0 bridgehead atoms. The molecular weight excluding hydrogens is 892 g/mol. The van der Waals surface area contributed by atoms with Gasteiger partial charge in [-0.1, -0.05) is 227 Å². The number of hydrogen-bond donors (Lipinski definition) is 0. The Bertz CT molecular complexity index is 4000. The average Bonchev–Trinajstić information content (AvgIpc) is 4.08. The zero-order chi connectivity index (χ0) is 49.3. The van der Waals surface area contributed by atoms with Crippen LogP contribution in [0.25, 0.3) is 55.6 Å². The Hall–Kier alpha value is -8.92. The lowest BCUT2D eigenvalue weighted by atomic mass is 9.33. The molecule has 0 amide bonds. The van der Waals surface area contributed by atoms with Gasteiger partial charge in [-0.2, -0.15) is 0 Å². The Labute approximate surface area is 434 Å². The first-order valence-electron chi connectivity index (χ1n) is 26.1. The van der Waals surface area contributed by atoms with E-state index in [1.807, 2.05) is 0 Å². The predicted octanol–water partition coefficient (Wildman–Crippen LogP) is 16.4. The number of benzene rings is 11.